The monoisotopic (exact) mass is 288 g/mol. The fourth-order valence-corrected chi connectivity index (χ4v) is 3.16. The summed E-state index contributed by atoms with van der Waals surface area (Å²) in [5.74, 6) is 0.257. The maximum absolute atomic E-state index is 12.8. The molecule has 0 radical (unpaired) electrons. The maximum Gasteiger partial charge on any atom is 0.241 e. The molecule has 0 aromatic carbocycles. The van der Waals surface area contributed by atoms with Crippen LogP contribution in [0.2, 0.25) is 0 Å². The third-order valence-corrected chi connectivity index (χ3v) is 4.83. The van der Waals surface area contributed by atoms with Crippen LogP contribution in [0.25, 0.3) is 0 Å². The van der Waals surface area contributed by atoms with Gasteiger partial charge in [-0.15, -0.1) is 0 Å². The fraction of sp³-hybridized carbons (Fsp3) is 0.923. The molecule has 0 N–H and O–H groups in total. The number of hydrogen-bond donors (Lipinski definition) is 0. The molecule has 0 saturated carbocycles. The summed E-state index contributed by atoms with van der Waals surface area (Å²) in [7, 11) is 0. The van der Waals surface area contributed by atoms with Gasteiger partial charge >= 0.3 is 0 Å². The highest BCUT2D eigenvalue weighted by molar-refractivity contribution is 7.99. The van der Waals surface area contributed by atoms with E-state index in [4.69, 9.17) is 9.47 Å². The lowest BCUT2D eigenvalue weighted by Crippen LogP contribution is -2.57. The summed E-state index contributed by atoms with van der Waals surface area (Å²) < 4.78 is 10.7. The Hall–Kier alpha value is -0.300. The van der Waals surface area contributed by atoms with E-state index < -0.39 is 0 Å². The van der Waals surface area contributed by atoms with Gasteiger partial charge in [0.15, 0.2) is 0 Å². The first kappa shape index (κ1) is 15.1. The lowest BCUT2D eigenvalue weighted by molar-refractivity contribution is -0.142. The van der Waals surface area contributed by atoms with Gasteiger partial charge < -0.3 is 14.4 Å². The van der Waals surface area contributed by atoms with Crippen LogP contribution in [0.4, 0.5) is 0 Å². The van der Waals surface area contributed by atoms with Crippen molar-refractivity contribution in [1.82, 2.24) is 9.80 Å². The molecule has 2 rings (SSSR count). The second kappa shape index (κ2) is 7.47. The van der Waals surface area contributed by atoms with Gasteiger partial charge in [0.1, 0.15) is 6.04 Å². The van der Waals surface area contributed by atoms with Crippen molar-refractivity contribution < 1.29 is 14.3 Å². The van der Waals surface area contributed by atoms with Gasteiger partial charge in [0.25, 0.3) is 0 Å². The number of carbonyl (C=O) groups is 1. The van der Waals surface area contributed by atoms with E-state index in [1.165, 1.54) is 0 Å². The topological polar surface area (TPSA) is 42.0 Å². The van der Waals surface area contributed by atoms with E-state index >= 15 is 0 Å². The third kappa shape index (κ3) is 3.84. The Labute approximate surface area is 119 Å². The van der Waals surface area contributed by atoms with Crippen molar-refractivity contribution >= 4 is 17.7 Å². The molecule has 0 aromatic rings. The average molecular weight is 288 g/mol. The van der Waals surface area contributed by atoms with E-state index in [0.29, 0.717) is 18.5 Å². The van der Waals surface area contributed by atoms with Crippen LogP contribution in [0, 0.1) is 0 Å². The quantitative estimate of drug-likeness (QED) is 0.744. The molecule has 1 amide bonds. The van der Waals surface area contributed by atoms with Crippen molar-refractivity contribution in [2.45, 2.75) is 18.2 Å². The van der Waals surface area contributed by atoms with Crippen LogP contribution in [0.5, 0.6) is 0 Å². The molecule has 2 atom stereocenters. The number of carbonyl (C=O) groups excluding carboxylic acids is 1. The maximum atomic E-state index is 12.8. The number of ether oxygens (including phenoxy) is 2. The summed E-state index contributed by atoms with van der Waals surface area (Å²) in [6, 6.07) is -0.0306. The molecule has 2 aliphatic rings. The van der Waals surface area contributed by atoms with E-state index in [2.05, 4.69) is 18.1 Å². The number of amides is 1. The van der Waals surface area contributed by atoms with Crippen molar-refractivity contribution in [3.63, 3.8) is 0 Å². The van der Waals surface area contributed by atoms with E-state index in [1.807, 2.05) is 4.90 Å². The Morgan fingerprint density at radius 1 is 1.05 bits per heavy atom. The third-order valence-electron chi connectivity index (χ3n) is 3.83. The first-order chi connectivity index (χ1) is 9.24. The zero-order valence-corrected chi connectivity index (χ0v) is 12.7. The summed E-state index contributed by atoms with van der Waals surface area (Å²) in [5.41, 5.74) is 0. The molecule has 6 heteroatoms. The van der Waals surface area contributed by atoms with Crippen molar-refractivity contribution in [2.75, 3.05) is 58.9 Å². The minimum absolute atomic E-state index is 0.0306. The first-order valence-corrected chi connectivity index (χ1v) is 8.24. The average Bonchev–Trinajstić information content (AvgIpc) is 2.49. The SMILES string of the molecule is CSC(C)C(C(=O)N1CCOCC1)N1CCOCC1. The van der Waals surface area contributed by atoms with Crippen LogP contribution < -0.4 is 0 Å². The van der Waals surface area contributed by atoms with Crippen LogP contribution in [0.15, 0.2) is 0 Å². The smallest absolute Gasteiger partial charge is 0.241 e. The van der Waals surface area contributed by atoms with Gasteiger partial charge in [-0.1, -0.05) is 6.92 Å². The van der Waals surface area contributed by atoms with E-state index in [-0.39, 0.29) is 11.9 Å². The standard InChI is InChI=1S/C13H24N2O3S/c1-11(19-2)12(14-3-7-17-8-4-14)13(16)15-5-9-18-10-6-15/h11-12H,3-10H2,1-2H3. The molecule has 2 unspecified atom stereocenters. The van der Waals surface area contributed by atoms with Crippen LogP contribution in [-0.4, -0.2) is 85.9 Å². The summed E-state index contributed by atoms with van der Waals surface area (Å²) in [6.45, 7) is 8.08. The molecule has 2 heterocycles. The molecule has 0 spiro atoms. The van der Waals surface area contributed by atoms with Gasteiger partial charge in [0.2, 0.25) is 5.91 Å². The summed E-state index contributed by atoms with van der Waals surface area (Å²) in [6.07, 6.45) is 2.07. The van der Waals surface area contributed by atoms with Crippen molar-refractivity contribution in [2.24, 2.45) is 0 Å². The Balaban J connectivity index is 2.04. The van der Waals surface area contributed by atoms with Gasteiger partial charge in [-0.2, -0.15) is 11.8 Å². The number of rotatable bonds is 4. The fourth-order valence-electron chi connectivity index (χ4n) is 2.61. The Morgan fingerprint density at radius 2 is 1.58 bits per heavy atom. The Bertz CT molecular complexity index is 292. The molecule has 2 saturated heterocycles. The lowest BCUT2D eigenvalue weighted by Gasteiger charge is -2.39. The molecule has 2 fully saturated rings. The number of nitrogens with zero attached hydrogens (tertiary/aromatic N) is 2. The Morgan fingerprint density at radius 3 is 2.11 bits per heavy atom. The van der Waals surface area contributed by atoms with E-state index in [9.17, 15) is 4.79 Å². The molecule has 110 valence electrons. The van der Waals surface area contributed by atoms with Crippen LogP contribution in [-0.2, 0) is 14.3 Å². The molecule has 0 aliphatic carbocycles. The first-order valence-electron chi connectivity index (χ1n) is 6.95. The predicted molar refractivity (Wildman–Crippen MR) is 76.6 cm³/mol. The van der Waals surface area contributed by atoms with Gasteiger partial charge in [-0.25, -0.2) is 0 Å². The molecule has 19 heavy (non-hydrogen) atoms. The van der Waals surface area contributed by atoms with Crippen molar-refractivity contribution in [3.05, 3.63) is 0 Å². The molecule has 5 nitrogen and oxygen atoms in total. The summed E-state index contributed by atoms with van der Waals surface area (Å²) in [5, 5.41) is 0.299. The number of thioether (sulfide) groups is 1. The van der Waals surface area contributed by atoms with Gasteiger partial charge in [0, 0.05) is 31.4 Å². The van der Waals surface area contributed by atoms with E-state index in [0.717, 1.165) is 39.4 Å². The van der Waals surface area contributed by atoms with Crippen LogP contribution in [0.1, 0.15) is 6.92 Å². The predicted octanol–water partition coefficient (Wildman–Crippen LogP) is 0.298. The zero-order valence-electron chi connectivity index (χ0n) is 11.8. The highest BCUT2D eigenvalue weighted by atomic mass is 32.2. The summed E-state index contributed by atoms with van der Waals surface area (Å²) >= 11 is 1.76. The number of morpholine rings is 2. The van der Waals surface area contributed by atoms with Crippen LogP contribution >= 0.6 is 11.8 Å². The molecule has 0 aromatic heterocycles. The summed E-state index contributed by atoms with van der Waals surface area (Å²) in [4.78, 5) is 17.0. The highest BCUT2D eigenvalue weighted by Gasteiger charge is 2.35. The van der Waals surface area contributed by atoms with E-state index in [1.54, 1.807) is 11.8 Å². The van der Waals surface area contributed by atoms with Crippen molar-refractivity contribution in [1.29, 1.82) is 0 Å². The van der Waals surface area contributed by atoms with Gasteiger partial charge in [-0.3, -0.25) is 9.69 Å². The Kier molecular flexibility index (Phi) is 5.94. The van der Waals surface area contributed by atoms with Gasteiger partial charge in [-0.05, 0) is 6.26 Å². The molecule has 2 aliphatic heterocycles. The largest absolute Gasteiger partial charge is 0.379 e. The number of hydrogen-bond acceptors (Lipinski definition) is 5. The molecular formula is C13H24N2O3S. The lowest BCUT2D eigenvalue weighted by atomic mass is 10.1. The van der Waals surface area contributed by atoms with Gasteiger partial charge in [0.05, 0.1) is 26.4 Å². The molecule has 0 bridgehead atoms. The van der Waals surface area contributed by atoms with Crippen molar-refractivity contribution in [3.8, 4) is 0 Å². The highest BCUT2D eigenvalue weighted by Crippen LogP contribution is 2.20. The normalized spacial score (nSPS) is 25.1. The van der Waals surface area contributed by atoms with Crippen LogP contribution in [0.3, 0.4) is 0 Å². The second-order valence-electron chi connectivity index (χ2n) is 4.97. The zero-order chi connectivity index (χ0) is 13.7. The second-order valence-corrected chi connectivity index (χ2v) is 6.19. The minimum atomic E-state index is -0.0306. The molecular weight excluding hydrogens is 264 g/mol. The minimum Gasteiger partial charge on any atom is -0.379 e.